The molecule has 2 aliphatic rings. The average Bonchev–Trinajstić information content (AvgIpc) is 2.91. The number of fused-ring (bicyclic) bond motifs is 1. The molecule has 2 saturated heterocycles. The highest BCUT2D eigenvalue weighted by molar-refractivity contribution is 7.09. The summed E-state index contributed by atoms with van der Waals surface area (Å²) in [6.45, 7) is 8.96. The third kappa shape index (κ3) is 1.72. The largest absolute Gasteiger partial charge is 0.346 e. The van der Waals surface area contributed by atoms with E-state index in [1.54, 1.807) is 11.5 Å². The summed E-state index contributed by atoms with van der Waals surface area (Å²) >= 11 is 1.56. The Hall–Kier alpha value is -0.680. The number of nitrogens with one attached hydrogen (secondary N) is 1. The number of nitrogens with zero attached hydrogens (tertiary/aromatic N) is 3. The first-order chi connectivity index (χ1) is 7.74. The molecule has 0 saturated carbocycles. The van der Waals surface area contributed by atoms with Gasteiger partial charge in [0.2, 0.25) is 5.13 Å². The van der Waals surface area contributed by atoms with Gasteiger partial charge in [-0.15, -0.1) is 0 Å². The molecule has 88 valence electrons. The Balaban J connectivity index is 1.73. The van der Waals surface area contributed by atoms with Crippen molar-refractivity contribution in [2.45, 2.75) is 19.8 Å². The Bertz CT molecular complexity index is 364. The van der Waals surface area contributed by atoms with E-state index < -0.39 is 0 Å². The van der Waals surface area contributed by atoms with Crippen molar-refractivity contribution in [1.82, 2.24) is 14.7 Å². The van der Waals surface area contributed by atoms with Gasteiger partial charge in [0.25, 0.3) is 0 Å². The SMILES string of the molecule is CC(C)c1nsc(N2CC3CNCC3C2)n1. The van der Waals surface area contributed by atoms with Crippen LogP contribution < -0.4 is 10.2 Å². The first-order valence-electron chi connectivity index (χ1n) is 6.03. The quantitative estimate of drug-likeness (QED) is 0.843. The van der Waals surface area contributed by atoms with Crippen molar-refractivity contribution >= 4 is 16.7 Å². The molecule has 0 spiro atoms. The second-order valence-corrected chi connectivity index (χ2v) is 5.90. The first-order valence-corrected chi connectivity index (χ1v) is 6.80. The average molecular weight is 238 g/mol. The number of hydrogen-bond acceptors (Lipinski definition) is 5. The molecule has 0 aliphatic carbocycles. The Morgan fingerprint density at radius 2 is 2.00 bits per heavy atom. The van der Waals surface area contributed by atoms with Crippen LogP contribution in [0.25, 0.3) is 0 Å². The summed E-state index contributed by atoms with van der Waals surface area (Å²) in [5.41, 5.74) is 0. The third-order valence-corrected chi connectivity index (χ3v) is 4.40. The predicted molar refractivity (Wildman–Crippen MR) is 66.1 cm³/mol. The zero-order valence-corrected chi connectivity index (χ0v) is 10.6. The molecule has 4 nitrogen and oxygen atoms in total. The lowest BCUT2D eigenvalue weighted by molar-refractivity contribution is 0.533. The van der Waals surface area contributed by atoms with Crippen LogP contribution in [0, 0.1) is 11.8 Å². The molecule has 1 aromatic heterocycles. The van der Waals surface area contributed by atoms with Crippen molar-refractivity contribution in [3.05, 3.63) is 5.82 Å². The number of anilines is 1. The van der Waals surface area contributed by atoms with Crippen LogP contribution in [0.5, 0.6) is 0 Å². The molecule has 3 heterocycles. The fourth-order valence-electron chi connectivity index (χ4n) is 2.60. The van der Waals surface area contributed by atoms with E-state index in [4.69, 9.17) is 0 Å². The fourth-order valence-corrected chi connectivity index (χ4v) is 3.43. The lowest BCUT2D eigenvalue weighted by atomic mass is 10.0. The lowest BCUT2D eigenvalue weighted by Crippen LogP contribution is -2.25. The smallest absolute Gasteiger partial charge is 0.205 e. The van der Waals surface area contributed by atoms with Crippen LogP contribution in [-0.4, -0.2) is 35.5 Å². The molecule has 2 unspecified atom stereocenters. The minimum Gasteiger partial charge on any atom is -0.346 e. The standard InChI is InChI=1S/C11H18N4S/c1-7(2)10-13-11(16-14-10)15-5-8-3-12-4-9(8)6-15/h7-9,12H,3-6H2,1-2H3. The van der Waals surface area contributed by atoms with Crippen LogP contribution in [0.2, 0.25) is 0 Å². The van der Waals surface area contributed by atoms with E-state index in [0.29, 0.717) is 5.92 Å². The van der Waals surface area contributed by atoms with E-state index in [2.05, 4.69) is 33.4 Å². The van der Waals surface area contributed by atoms with Crippen LogP contribution in [0.15, 0.2) is 0 Å². The summed E-state index contributed by atoms with van der Waals surface area (Å²) in [6, 6.07) is 0. The minimum atomic E-state index is 0.439. The number of aromatic nitrogens is 2. The van der Waals surface area contributed by atoms with Crippen molar-refractivity contribution in [3.63, 3.8) is 0 Å². The molecule has 5 heteroatoms. The van der Waals surface area contributed by atoms with Crippen LogP contribution in [-0.2, 0) is 0 Å². The van der Waals surface area contributed by atoms with Crippen LogP contribution in [0.3, 0.4) is 0 Å². The molecular weight excluding hydrogens is 220 g/mol. The van der Waals surface area contributed by atoms with Crippen LogP contribution in [0.1, 0.15) is 25.6 Å². The maximum absolute atomic E-state index is 4.63. The molecule has 0 bridgehead atoms. The van der Waals surface area contributed by atoms with Gasteiger partial charge in [0.1, 0.15) is 5.82 Å². The fraction of sp³-hybridized carbons (Fsp3) is 0.818. The molecular formula is C11H18N4S. The van der Waals surface area contributed by atoms with Gasteiger partial charge in [0, 0.05) is 43.6 Å². The van der Waals surface area contributed by atoms with Crippen molar-refractivity contribution in [2.75, 3.05) is 31.1 Å². The molecule has 3 rings (SSSR count). The van der Waals surface area contributed by atoms with E-state index in [1.807, 2.05) is 0 Å². The second kappa shape index (κ2) is 3.96. The van der Waals surface area contributed by atoms with Crippen molar-refractivity contribution in [2.24, 2.45) is 11.8 Å². The van der Waals surface area contributed by atoms with Crippen molar-refractivity contribution in [3.8, 4) is 0 Å². The van der Waals surface area contributed by atoms with Gasteiger partial charge in [-0.05, 0) is 11.8 Å². The van der Waals surface area contributed by atoms with Gasteiger partial charge in [-0.2, -0.15) is 4.37 Å². The highest BCUT2D eigenvalue weighted by Crippen LogP contribution is 2.31. The van der Waals surface area contributed by atoms with Gasteiger partial charge in [-0.25, -0.2) is 4.98 Å². The highest BCUT2D eigenvalue weighted by atomic mass is 32.1. The normalized spacial score (nSPS) is 29.1. The summed E-state index contributed by atoms with van der Waals surface area (Å²) in [5, 5.41) is 4.58. The summed E-state index contributed by atoms with van der Waals surface area (Å²) in [5.74, 6) is 3.08. The third-order valence-electron chi connectivity index (χ3n) is 3.61. The zero-order chi connectivity index (χ0) is 11.1. The Labute approximate surface area is 100 Å². The van der Waals surface area contributed by atoms with Gasteiger partial charge < -0.3 is 10.2 Å². The lowest BCUT2D eigenvalue weighted by Gasteiger charge is -2.14. The molecule has 16 heavy (non-hydrogen) atoms. The number of rotatable bonds is 2. The summed E-state index contributed by atoms with van der Waals surface area (Å²) < 4.78 is 4.43. The second-order valence-electron chi connectivity index (χ2n) is 5.17. The Morgan fingerprint density at radius 1 is 1.31 bits per heavy atom. The Kier molecular flexibility index (Phi) is 2.59. The molecule has 0 aromatic carbocycles. The molecule has 2 aliphatic heterocycles. The Morgan fingerprint density at radius 3 is 2.56 bits per heavy atom. The molecule has 2 fully saturated rings. The van der Waals surface area contributed by atoms with E-state index in [-0.39, 0.29) is 0 Å². The number of hydrogen-bond donors (Lipinski definition) is 1. The topological polar surface area (TPSA) is 41.1 Å². The molecule has 0 radical (unpaired) electrons. The maximum atomic E-state index is 4.63. The first kappa shape index (κ1) is 10.5. The van der Waals surface area contributed by atoms with Gasteiger partial charge in [-0.3, -0.25) is 0 Å². The zero-order valence-electron chi connectivity index (χ0n) is 9.81. The van der Waals surface area contributed by atoms with E-state index in [1.165, 1.54) is 13.1 Å². The summed E-state index contributed by atoms with van der Waals surface area (Å²) in [4.78, 5) is 7.05. The van der Waals surface area contributed by atoms with Crippen LogP contribution in [0.4, 0.5) is 5.13 Å². The highest BCUT2D eigenvalue weighted by Gasteiger charge is 2.37. The van der Waals surface area contributed by atoms with Gasteiger partial charge in [0.15, 0.2) is 0 Å². The molecule has 1 N–H and O–H groups in total. The summed E-state index contributed by atoms with van der Waals surface area (Å²) in [7, 11) is 0. The summed E-state index contributed by atoms with van der Waals surface area (Å²) in [6.07, 6.45) is 0. The van der Waals surface area contributed by atoms with E-state index in [0.717, 1.165) is 35.9 Å². The van der Waals surface area contributed by atoms with E-state index in [9.17, 15) is 0 Å². The van der Waals surface area contributed by atoms with Crippen molar-refractivity contribution in [1.29, 1.82) is 0 Å². The van der Waals surface area contributed by atoms with Gasteiger partial charge in [-0.1, -0.05) is 13.8 Å². The van der Waals surface area contributed by atoms with E-state index >= 15 is 0 Å². The van der Waals surface area contributed by atoms with Gasteiger partial charge in [0.05, 0.1) is 0 Å². The van der Waals surface area contributed by atoms with Crippen LogP contribution >= 0.6 is 11.5 Å². The monoisotopic (exact) mass is 238 g/mol. The van der Waals surface area contributed by atoms with Gasteiger partial charge >= 0.3 is 0 Å². The minimum absolute atomic E-state index is 0.439. The molecule has 2 atom stereocenters. The molecule has 1 aromatic rings. The predicted octanol–water partition coefficient (Wildman–Crippen LogP) is 1.32. The maximum Gasteiger partial charge on any atom is 0.205 e. The van der Waals surface area contributed by atoms with Crippen molar-refractivity contribution < 1.29 is 0 Å². The molecule has 0 amide bonds.